The minimum absolute atomic E-state index is 0.116. The Balaban J connectivity index is 2.02. The first-order valence-electron chi connectivity index (χ1n) is 6.82. The lowest BCUT2D eigenvalue weighted by molar-refractivity contribution is 0.0834. The molecule has 0 amide bonds. The van der Waals surface area contributed by atoms with Crippen molar-refractivity contribution in [3.8, 4) is 17.0 Å². The van der Waals surface area contributed by atoms with Crippen molar-refractivity contribution >= 4 is 11.6 Å². The van der Waals surface area contributed by atoms with E-state index < -0.39 is 0 Å². The molecule has 2 N–H and O–H groups in total. The molecule has 1 aromatic carbocycles. The molecule has 1 fully saturated rings. The number of rotatable bonds is 2. The van der Waals surface area contributed by atoms with Gasteiger partial charge >= 0.3 is 0 Å². The molecule has 2 aromatic rings. The van der Waals surface area contributed by atoms with E-state index in [0.29, 0.717) is 29.6 Å². The van der Waals surface area contributed by atoms with Gasteiger partial charge in [-0.25, -0.2) is 0 Å². The number of nitrogens with one attached hydrogen (secondary N) is 1. The maximum atomic E-state index is 12.3. The van der Waals surface area contributed by atoms with E-state index in [4.69, 9.17) is 16.3 Å². The summed E-state index contributed by atoms with van der Waals surface area (Å²) in [5, 5.41) is 10.6. The zero-order chi connectivity index (χ0) is 14.8. The number of aromatic amines is 1. The van der Waals surface area contributed by atoms with Crippen LogP contribution in [0.4, 0.5) is 0 Å². The molecule has 1 aliphatic heterocycles. The lowest BCUT2D eigenvalue weighted by Crippen LogP contribution is -2.21. The maximum absolute atomic E-state index is 12.3. The highest BCUT2D eigenvalue weighted by molar-refractivity contribution is 6.30. The average molecular weight is 307 g/mol. The predicted octanol–water partition coefficient (Wildman–Crippen LogP) is 2.69. The summed E-state index contributed by atoms with van der Waals surface area (Å²) in [6.45, 7) is 1.29. The number of hydrogen-bond acceptors (Lipinski definition) is 4. The Hall–Kier alpha value is -1.85. The largest absolute Gasteiger partial charge is 0.493 e. The zero-order valence-corrected chi connectivity index (χ0v) is 12.1. The Kier molecular flexibility index (Phi) is 3.94. The van der Waals surface area contributed by atoms with Crippen LogP contribution in [0.5, 0.6) is 5.88 Å². The molecule has 0 atom stereocenters. The molecule has 0 aliphatic carbocycles. The van der Waals surface area contributed by atoms with Crippen molar-refractivity contribution in [3.05, 3.63) is 45.5 Å². The molecule has 1 aromatic heterocycles. The fourth-order valence-corrected chi connectivity index (χ4v) is 2.74. The highest BCUT2D eigenvalue weighted by atomic mass is 35.5. The van der Waals surface area contributed by atoms with Crippen molar-refractivity contribution < 1.29 is 9.84 Å². The van der Waals surface area contributed by atoms with E-state index in [1.54, 1.807) is 24.3 Å². The molecule has 1 saturated heterocycles. The van der Waals surface area contributed by atoms with Crippen molar-refractivity contribution in [1.82, 2.24) is 9.97 Å². The van der Waals surface area contributed by atoms with Crippen molar-refractivity contribution in [3.63, 3.8) is 0 Å². The van der Waals surface area contributed by atoms with Crippen LogP contribution in [0.3, 0.4) is 0 Å². The van der Waals surface area contributed by atoms with Gasteiger partial charge in [-0.1, -0.05) is 23.7 Å². The molecule has 110 valence electrons. The summed E-state index contributed by atoms with van der Waals surface area (Å²) in [7, 11) is 0. The molecule has 3 rings (SSSR count). The summed E-state index contributed by atoms with van der Waals surface area (Å²) in [5.41, 5.74) is 0.340. The van der Waals surface area contributed by atoms with E-state index in [-0.39, 0.29) is 22.9 Å². The molecule has 21 heavy (non-hydrogen) atoms. The highest BCUT2D eigenvalue weighted by Crippen LogP contribution is 2.29. The lowest BCUT2D eigenvalue weighted by Gasteiger charge is -2.21. The second kappa shape index (κ2) is 5.87. The molecule has 0 bridgehead atoms. The maximum Gasteiger partial charge on any atom is 0.262 e. The second-order valence-corrected chi connectivity index (χ2v) is 5.48. The summed E-state index contributed by atoms with van der Waals surface area (Å²) < 4.78 is 5.29. The number of halogens is 1. The van der Waals surface area contributed by atoms with Gasteiger partial charge in [-0.05, 0) is 30.5 Å². The summed E-state index contributed by atoms with van der Waals surface area (Å²) in [5.74, 6) is 0.375. The third kappa shape index (κ3) is 2.94. The highest BCUT2D eigenvalue weighted by Gasteiger charge is 2.21. The second-order valence-electron chi connectivity index (χ2n) is 5.05. The van der Waals surface area contributed by atoms with E-state index >= 15 is 0 Å². The monoisotopic (exact) mass is 306 g/mol. The molecule has 0 radical (unpaired) electrons. The van der Waals surface area contributed by atoms with Gasteiger partial charge in [0.05, 0.1) is 0 Å². The first kappa shape index (κ1) is 14.1. The van der Waals surface area contributed by atoms with Crippen LogP contribution in [-0.4, -0.2) is 28.3 Å². The van der Waals surface area contributed by atoms with Gasteiger partial charge in [0.1, 0.15) is 11.4 Å². The lowest BCUT2D eigenvalue weighted by atomic mass is 9.99. The smallest absolute Gasteiger partial charge is 0.262 e. The third-order valence-electron chi connectivity index (χ3n) is 3.64. The minimum atomic E-state index is -0.355. The number of benzene rings is 1. The van der Waals surface area contributed by atoms with Gasteiger partial charge in [0, 0.05) is 24.2 Å². The number of nitrogens with zero attached hydrogens (tertiary/aromatic N) is 1. The van der Waals surface area contributed by atoms with Crippen LogP contribution in [-0.2, 0) is 4.74 Å². The molecule has 2 heterocycles. The number of aromatic nitrogens is 2. The van der Waals surface area contributed by atoms with Gasteiger partial charge in [0.15, 0.2) is 0 Å². The third-order valence-corrected chi connectivity index (χ3v) is 3.88. The van der Waals surface area contributed by atoms with Gasteiger partial charge in [-0.2, -0.15) is 4.98 Å². The summed E-state index contributed by atoms with van der Waals surface area (Å²) in [4.78, 5) is 19.2. The van der Waals surface area contributed by atoms with Crippen molar-refractivity contribution in [1.29, 1.82) is 0 Å². The molecular weight excluding hydrogens is 292 g/mol. The van der Waals surface area contributed by atoms with Crippen LogP contribution in [0.1, 0.15) is 24.6 Å². The van der Waals surface area contributed by atoms with Crippen LogP contribution < -0.4 is 5.56 Å². The summed E-state index contributed by atoms with van der Waals surface area (Å²) >= 11 is 5.92. The standard InChI is InChI=1S/C15H15ClN2O3/c16-11-3-1-2-10(8-11)12-14(19)17-13(18-15(12)20)9-4-6-21-7-5-9/h1-3,8-9H,4-7H2,(H2,17,18,19,20). The van der Waals surface area contributed by atoms with Crippen molar-refractivity contribution in [2.75, 3.05) is 13.2 Å². The molecule has 0 spiro atoms. The van der Waals surface area contributed by atoms with E-state index in [1.165, 1.54) is 0 Å². The van der Waals surface area contributed by atoms with Gasteiger partial charge < -0.3 is 14.8 Å². The van der Waals surface area contributed by atoms with Crippen LogP contribution in [0.25, 0.3) is 11.1 Å². The van der Waals surface area contributed by atoms with Crippen molar-refractivity contribution in [2.45, 2.75) is 18.8 Å². The average Bonchev–Trinajstić information content (AvgIpc) is 2.47. The molecular formula is C15H15ClN2O3. The predicted molar refractivity (Wildman–Crippen MR) is 79.8 cm³/mol. The van der Waals surface area contributed by atoms with Crippen LogP contribution in [0.2, 0.25) is 5.02 Å². The number of aromatic hydroxyl groups is 1. The van der Waals surface area contributed by atoms with Gasteiger partial charge in [0.25, 0.3) is 5.56 Å². The van der Waals surface area contributed by atoms with E-state index in [9.17, 15) is 9.90 Å². The van der Waals surface area contributed by atoms with E-state index in [1.807, 2.05) is 0 Å². The van der Waals surface area contributed by atoms with Gasteiger partial charge in [-0.15, -0.1) is 0 Å². The molecule has 1 aliphatic rings. The van der Waals surface area contributed by atoms with Crippen LogP contribution in [0.15, 0.2) is 29.1 Å². The van der Waals surface area contributed by atoms with E-state index in [2.05, 4.69) is 9.97 Å². The Morgan fingerprint density at radius 1 is 1.33 bits per heavy atom. The normalized spacial score (nSPS) is 16.0. The summed E-state index contributed by atoms with van der Waals surface area (Å²) in [6, 6.07) is 6.77. The first-order valence-corrected chi connectivity index (χ1v) is 7.20. The Morgan fingerprint density at radius 3 is 2.76 bits per heavy atom. The Morgan fingerprint density at radius 2 is 2.10 bits per heavy atom. The first-order chi connectivity index (χ1) is 10.1. The summed E-state index contributed by atoms with van der Waals surface area (Å²) in [6.07, 6.45) is 1.58. The van der Waals surface area contributed by atoms with Gasteiger partial charge in [0.2, 0.25) is 5.88 Å². The quantitative estimate of drug-likeness (QED) is 0.894. The molecule has 5 nitrogen and oxygen atoms in total. The van der Waals surface area contributed by atoms with E-state index in [0.717, 1.165) is 12.8 Å². The fraction of sp³-hybridized carbons (Fsp3) is 0.333. The van der Waals surface area contributed by atoms with Crippen LogP contribution >= 0.6 is 11.6 Å². The van der Waals surface area contributed by atoms with Crippen LogP contribution in [0, 0.1) is 0 Å². The minimum Gasteiger partial charge on any atom is -0.493 e. The molecule has 0 unspecified atom stereocenters. The zero-order valence-electron chi connectivity index (χ0n) is 11.3. The SMILES string of the molecule is O=c1[nH]c(C2CCOCC2)nc(O)c1-c1cccc(Cl)c1. The number of ether oxygens (including phenoxy) is 1. The Bertz CT molecular complexity index is 708. The Labute approximate surface area is 126 Å². The molecule has 0 saturated carbocycles. The van der Waals surface area contributed by atoms with Gasteiger partial charge in [-0.3, -0.25) is 4.79 Å². The molecule has 6 heteroatoms. The number of H-pyrrole nitrogens is 1. The topological polar surface area (TPSA) is 75.2 Å². The number of hydrogen-bond donors (Lipinski definition) is 2. The fourth-order valence-electron chi connectivity index (χ4n) is 2.55. The van der Waals surface area contributed by atoms with Crippen molar-refractivity contribution in [2.24, 2.45) is 0 Å².